The molecule has 0 unspecified atom stereocenters. The van der Waals surface area contributed by atoms with Crippen LogP contribution in [0.3, 0.4) is 0 Å². The number of ketones is 1. The van der Waals surface area contributed by atoms with Gasteiger partial charge in [-0.3, -0.25) is 9.78 Å². The molecule has 0 aliphatic rings. The first kappa shape index (κ1) is 18.8. The van der Waals surface area contributed by atoms with E-state index in [9.17, 15) is 18.0 Å². The van der Waals surface area contributed by atoms with Crippen molar-refractivity contribution in [2.24, 2.45) is 0 Å². The van der Waals surface area contributed by atoms with Gasteiger partial charge in [-0.25, -0.2) is 4.98 Å². The molecular weight excluding hydrogens is 377 g/mol. The number of benzene rings is 1. The van der Waals surface area contributed by atoms with Crippen molar-refractivity contribution < 1.29 is 18.0 Å². The van der Waals surface area contributed by atoms with Crippen LogP contribution in [0.1, 0.15) is 20.8 Å². The van der Waals surface area contributed by atoms with Crippen molar-refractivity contribution >= 4 is 33.8 Å². The standard InChI is InChI=1S/C18H15F3N4OS/c1-25(2)16-15(14(26)11-7-9-22-10-8-11)27-17(24-16)23-13-5-3-12(4-6-13)18(19,20)21/h3-10H,1-2H3,(H,23,24). The van der Waals surface area contributed by atoms with Gasteiger partial charge in [0.15, 0.2) is 10.9 Å². The molecule has 0 aliphatic heterocycles. The number of aromatic nitrogens is 2. The van der Waals surface area contributed by atoms with Crippen LogP contribution in [0.15, 0.2) is 48.8 Å². The molecule has 0 saturated carbocycles. The summed E-state index contributed by atoms with van der Waals surface area (Å²) in [5.41, 5.74) is 0.206. The summed E-state index contributed by atoms with van der Waals surface area (Å²) in [6.07, 6.45) is -1.32. The van der Waals surface area contributed by atoms with Gasteiger partial charge in [0.25, 0.3) is 0 Å². The molecule has 2 heterocycles. The zero-order chi connectivity index (χ0) is 19.6. The van der Waals surface area contributed by atoms with Crippen LogP contribution in [-0.4, -0.2) is 29.8 Å². The van der Waals surface area contributed by atoms with Gasteiger partial charge < -0.3 is 10.2 Å². The first-order chi connectivity index (χ1) is 12.8. The molecule has 1 N–H and O–H groups in total. The average molecular weight is 392 g/mol. The predicted molar refractivity (Wildman–Crippen MR) is 98.8 cm³/mol. The lowest BCUT2D eigenvalue weighted by Gasteiger charge is -2.10. The van der Waals surface area contributed by atoms with Crippen molar-refractivity contribution in [1.29, 1.82) is 0 Å². The van der Waals surface area contributed by atoms with E-state index in [1.165, 1.54) is 24.5 Å². The lowest BCUT2D eigenvalue weighted by molar-refractivity contribution is -0.137. The summed E-state index contributed by atoms with van der Waals surface area (Å²) < 4.78 is 38.0. The highest BCUT2D eigenvalue weighted by atomic mass is 32.1. The molecular formula is C18H15F3N4OS. The molecule has 0 radical (unpaired) electrons. The molecule has 3 rings (SSSR count). The maximum atomic E-state index is 12.8. The number of alkyl halides is 3. The lowest BCUT2D eigenvalue weighted by atomic mass is 10.1. The molecule has 2 aromatic heterocycles. The molecule has 3 aromatic rings. The van der Waals surface area contributed by atoms with Gasteiger partial charge in [0.05, 0.1) is 5.56 Å². The van der Waals surface area contributed by atoms with Crippen LogP contribution in [0.5, 0.6) is 0 Å². The van der Waals surface area contributed by atoms with Gasteiger partial charge >= 0.3 is 6.18 Å². The Balaban J connectivity index is 1.88. The summed E-state index contributed by atoms with van der Waals surface area (Å²) >= 11 is 1.14. The topological polar surface area (TPSA) is 58.1 Å². The van der Waals surface area contributed by atoms with E-state index >= 15 is 0 Å². The molecule has 0 fully saturated rings. The molecule has 9 heteroatoms. The molecule has 0 atom stereocenters. The smallest absolute Gasteiger partial charge is 0.361 e. The van der Waals surface area contributed by atoms with Crippen molar-refractivity contribution in [3.05, 3.63) is 64.8 Å². The van der Waals surface area contributed by atoms with E-state index in [4.69, 9.17) is 0 Å². The van der Waals surface area contributed by atoms with Crippen LogP contribution in [0.4, 0.5) is 29.8 Å². The Morgan fingerprint density at radius 1 is 1.07 bits per heavy atom. The highest BCUT2D eigenvalue weighted by molar-refractivity contribution is 7.18. The van der Waals surface area contributed by atoms with Crippen molar-refractivity contribution in [3.63, 3.8) is 0 Å². The number of rotatable bonds is 5. The Morgan fingerprint density at radius 3 is 2.26 bits per heavy atom. The van der Waals surface area contributed by atoms with Gasteiger partial charge in [-0.15, -0.1) is 0 Å². The molecule has 0 spiro atoms. The molecule has 5 nitrogen and oxygen atoms in total. The summed E-state index contributed by atoms with van der Waals surface area (Å²) in [6.45, 7) is 0. The van der Waals surface area contributed by atoms with Gasteiger partial charge in [-0.05, 0) is 36.4 Å². The average Bonchev–Trinajstić information content (AvgIpc) is 3.05. The second kappa shape index (κ2) is 7.36. The third-order valence-corrected chi connectivity index (χ3v) is 4.60. The van der Waals surface area contributed by atoms with Gasteiger partial charge in [0.2, 0.25) is 5.78 Å². The van der Waals surface area contributed by atoms with Gasteiger partial charge in [0.1, 0.15) is 4.88 Å². The Kier molecular flexibility index (Phi) is 5.13. The van der Waals surface area contributed by atoms with Crippen LogP contribution in [-0.2, 0) is 6.18 Å². The van der Waals surface area contributed by atoms with E-state index in [1.807, 2.05) is 0 Å². The lowest BCUT2D eigenvalue weighted by Crippen LogP contribution is -2.13. The van der Waals surface area contributed by atoms with Crippen LogP contribution in [0.2, 0.25) is 0 Å². The Bertz CT molecular complexity index is 937. The first-order valence-corrected chi connectivity index (χ1v) is 8.64. The fourth-order valence-electron chi connectivity index (χ4n) is 2.32. The monoisotopic (exact) mass is 392 g/mol. The second-order valence-electron chi connectivity index (χ2n) is 5.83. The van der Waals surface area contributed by atoms with E-state index in [-0.39, 0.29) is 5.78 Å². The summed E-state index contributed by atoms with van der Waals surface area (Å²) in [5, 5.41) is 3.37. The summed E-state index contributed by atoms with van der Waals surface area (Å²) in [7, 11) is 3.53. The summed E-state index contributed by atoms with van der Waals surface area (Å²) in [6, 6.07) is 7.86. The van der Waals surface area contributed by atoms with Gasteiger partial charge in [-0.1, -0.05) is 11.3 Å². The zero-order valence-corrected chi connectivity index (χ0v) is 15.2. The van der Waals surface area contributed by atoms with E-state index in [1.54, 1.807) is 31.1 Å². The SMILES string of the molecule is CN(C)c1nc(Nc2ccc(C(F)(F)F)cc2)sc1C(=O)c1ccncc1. The highest BCUT2D eigenvalue weighted by Gasteiger charge is 2.30. The highest BCUT2D eigenvalue weighted by Crippen LogP contribution is 2.34. The van der Waals surface area contributed by atoms with E-state index in [0.29, 0.717) is 27.1 Å². The number of pyridine rings is 1. The number of carbonyl (C=O) groups is 1. The summed E-state index contributed by atoms with van der Waals surface area (Å²) in [4.78, 5) is 23.2. The second-order valence-corrected chi connectivity index (χ2v) is 6.83. The Hall–Kier alpha value is -2.94. The van der Waals surface area contributed by atoms with E-state index < -0.39 is 11.7 Å². The predicted octanol–water partition coefficient (Wildman–Crippen LogP) is 4.60. The number of nitrogens with one attached hydrogen (secondary N) is 1. The van der Waals surface area contributed by atoms with Crippen LogP contribution >= 0.6 is 11.3 Å². The fourth-order valence-corrected chi connectivity index (χ4v) is 3.34. The molecule has 0 saturated heterocycles. The normalized spacial score (nSPS) is 11.3. The number of anilines is 3. The quantitative estimate of drug-likeness (QED) is 0.643. The van der Waals surface area contributed by atoms with Gasteiger partial charge in [0, 0.05) is 37.7 Å². The largest absolute Gasteiger partial charge is 0.416 e. The maximum absolute atomic E-state index is 12.8. The number of nitrogens with zero attached hydrogens (tertiary/aromatic N) is 3. The van der Waals surface area contributed by atoms with E-state index in [2.05, 4.69) is 15.3 Å². The van der Waals surface area contributed by atoms with Crippen LogP contribution in [0, 0.1) is 0 Å². The number of thiazole rings is 1. The number of hydrogen-bond donors (Lipinski definition) is 1. The minimum atomic E-state index is -4.39. The van der Waals surface area contributed by atoms with Crippen molar-refractivity contribution in [3.8, 4) is 0 Å². The van der Waals surface area contributed by atoms with Gasteiger partial charge in [-0.2, -0.15) is 13.2 Å². The first-order valence-electron chi connectivity index (χ1n) is 7.83. The van der Waals surface area contributed by atoms with Crippen molar-refractivity contribution in [2.45, 2.75) is 6.18 Å². The molecule has 1 aromatic carbocycles. The van der Waals surface area contributed by atoms with Crippen molar-refractivity contribution in [2.75, 3.05) is 24.3 Å². The molecule has 140 valence electrons. The maximum Gasteiger partial charge on any atom is 0.416 e. The summed E-state index contributed by atoms with van der Waals surface area (Å²) in [5.74, 6) is 0.287. The van der Waals surface area contributed by atoms with Crippen LogP contribution < -0.4 is 10.2 Å². The van der Waals surface area contributed by atoms with Crippen molar-refractivity contribution in [1.82, 2.24) is 9.97 Å². The van der Waals surface area contributed by atoms with Crippen LogP contribution in [0.25, 0.3) is 0 Å². The Morgan fingerprint density at radius 2 is 1.70 bits per heavy atom. The molecule has 0 bridgehead atoms. The molecule has 27 heavy (non-hydrogen) atoms. The van der Waals surface area contributed by atoms with E-state index in [0.717, 1.165) is 23.5 Å². The number of halogens is 3. The fraction of sp³-hybridized carbons (Fsp3) is 0.167. The number of hydrogen-bond acceptors (Lipinski definition) is 6. The molecule has 0 amide bonds. The third kappa shape index (κ3) is 4.25. The third-order valence-electron chi connectivity index (χ3n) is 3.65. The molecule has 0 aliphatic carbocycles. The minimum absolute atomic E-state index is 0.195. The Labute approximate surface area is 157 Å². The number of carbonyl (C=O) groups excluding carboxylic acids is 1. The minimum Gasteiger partial charge on any atom is -0.361 e. The zero-order valence-electron chi connectivity index (χ0n) is 14.4.